The van der Waals surface area contributed by atoms with E-state index < -0.39 is 23.0 Å². The highest BCUT2D eigenvalue weighted by atomic mass is 16.5. The van der Waals surface area contributed by atoms with Gasteiger partial charge >= 0.3 is 0 Å². The van der Waals surface area contributed by atoms with Gasteiger partial charge in [0.15, 0.2) is 0 Å². The summed E-state index contributed by atoms with van der Waals surface area (Å²) in [6.45, 7) is 15.0. The summed E-state index contributed by atoms with van der Waals surface area (Å²) >= 11 is 0. The molecule has 12 nitrogen and oxygen atoms in total. The van der Waals surface area contributed by atoms with E-state index in [0.717, 1.165) is 4.90 Å². The molecule has 232 valence electrons. The number of carbonyl (C=O) groups is 4. The van der Waals surface area contributed by atoms with Crippen LogP contribution in [0.4, 0.5) is 0 Å². The Bertz CT molecular complexity index is 830. The lowest BCUT2D eigenvalue weighted by Gasteiger charge is -2.33. The zero-order valence-corrected chi connectivity index (χ0v) is 25.8. The van der Waals surface area contributed by atoms with E-state index in [2.05, 4.69) is 10.6 Å². The number of imide groups is 1. The molecule has 0 radical (unpaired) electrons. The molecular formula is C28H52N4O8. The highest BCUT2D eigenvalue weighted by Crippen LogP contribution is 2.21. The Balaban J connectivity index is 2.61. The summed E-state index contributed by atoms with van der Waals surface area (Å²) < 4.78 is 17.2. The minimum Gasteiger partial charge on any atom is -0.379 e. The standard InChI is InChI=1S/C28H52N4O8/c1-9-39-26(2,3)13-17-31(25(37)18-27(4,5)40-20-28(6,7)38-8)19-22(34)30-15-14-29-21(33)12-16-32-23(35)10-11-24(32)36/h21,29,33H,9-20H2,1-8H3,(H,30,34). The van der Waals surface area contributed by atoms with Crippen molar-refractivity contribution in [2.24, 2.45) is 0 Å². The third-order valence-corrected chi connectivity index (χ3v) is 6.75. The monoisotopic (exact) mass is 572 g/mol. The molecule has 0 aromatic carbocycles. The first-order chi connectivity index (χ1) is 18.5. The minimum absolute atomic E-state index is 0.0882. The predicted molar refractivity (Wildman–Crippen MR) is 150 cm³/mol. The van der Waals surface area contributed by atoms with Crippen molar-refractivity contribution >= 4 is 23.6 Å². The average molecular weight is 573 g/mol. The molecule has 1 aliphatic rings. The van der Waals surface area contributed by atoms with Crippen molar-refractivity contribution in [1.29, 1.82) is 0 Å². The molecule has 0 aromatic heterocycles. The minimum atomic E-state index is -0.928. The number of aliphatic hydroxyl groups excluding tert-OH is 1. The molecule has 3 N–H and O–H groups in total. The number of nitrogens with one attached hydrogen (secondary N) is 2. The first-order valence-electron chi connectivity index (χ1n) is 14.1. The maximum absolute atomic E-state index is 13.3. The maximum atomic E-state index is 13.3. The van der Waals surface area contributed by atoms with Gasteiger partial charge in [0.1, 0.15) is 6.23 Å². The Morgan fingerprint density at radius 1 is 1.00 bits per heavy atom. The summed E-state index contributed by atoms with van der Waals surface area (Å²) in [5.41, 5.74) is -1.71. The highest BCUT2D eigenvalue weighted by Gasteiger charge is 2.31. The fourth-order valence-electron chi connectivity index (χ4n) is 4.01. The number of amides is 4. The molecule has 12 heteroatoms. The van der Waals surface area contributed by atoms with E-state index in [-0.39, 0.29) is 75.5 Å². The highest BCUT2D eigenvalue weighted by molar-refractivity contribution is 6.01. The van der Waals surface area contributed by atoms with Crippen molar-refractivity contribution in [3.63, 3.8) is 0 Å². The maximum Gasteiger partial charge on any atom is 0.239 e. The number of nitrogens with zero attached hydrogens (tertiary/aromatic N) is 2. The van der Waals surface area contributed by atoms with E-state index in [1.165, 1.54) is 4.90 Å². The van der Waals surface area contributed by atoms with Crippen LogP contribution in [0.3, 0.4) is 0 Å². The molecule has 0 spiro atoms. The second-order valence-corrected chi connectivity index (χ2v) is 12.0. The number of hydrogen-bond donors (Lipinski definition) is 3. The lowest BCUT2D eigenvalue weighted by molar-refractivity contribution is -0.147. The van der Waals surface area contributed by atoms with E-state index in [1.54, 1.807) is 7.11 Å². The second kappa shape index (κ2) is 16.4. The molecule has 1 rings (SSSR count). The van der Waals surface area contributed by atoms with E-state index in [4.69, 9.17) is 14.2 Å². The predicted octanol–water partition coefficient (Wildman–Crippen LogP) is 1.19. The number of methoxy groups -OCH3 is 1. The Morgan fingerprint density at radius 3 is 2.20 bits per heavy atom. The van der Waals surface area contributed by atoms with Crippen molar-refractivity contribution in [1.82, 2.24) is 20.4 Å². The van der Waals surface area contributed by atoms with Crippen molar-refractivity contribution in [2.75, 3.05) is 53.0 Å². The molecule has 1 unspecified atom stereocenters. The average Bonchev–Trinajstić information content (AvgIpc) is 3.18. The lowest BCUT2D eigenvalue weighted by atomic mass is 10.0. The summed E-state index contributed by atoms with van der Waals surface area (Å²) in [4.78, 5) is 52.1. The molecule has 1 heterocycles. The van der Waals surface area contributed by atoms with Crippen LogP contribution in [0.15, 0.2) is 0 Å². The number of likely N-dealkylation sites (tertiary alicyclic amines) is 1. The topological polar surface area (TPSA) is 147 Å². The summed E-state index contributed by atoms with van der Waals surface area (Å²) in [7, 11) is 1.61. The van der Waals surface area contributed by atoms with Crippen LogP contribution in [0.25, 0.3) is 0 Å². The first kappa shape index (κ1) is 35.9. The summed E-state index contributed by atoms with van der Waals surface area (Å²) in [6.07, 6.45) is 0.338. The third kappa shape index (κ3) is 14.0. The van der Waals surface area contributed by atoms with Crippen LogP contribution in [0.1, 0.15) is 80.6 Å². The summed E-state index contributed by atoms with van der Waals surface area (Å²) in [5, 5.41) is 15.7. The fraction of sp³-hybridized carbons (Fsp3) is 0.857. The first-order valence-corrected chi connectivity index (χ1v) is 14.1. The van der Waals surface area contributed by atoms with E-state index in [1.807, 2.05) is 48.5 Å². The zero-order valence-electron chi connectivity index (χ0n) is 25.8. The van der Waals surface area contributed by atoms with Gasteiger partial charge in [-0.05, 0) is 54.9 Å². The van der Waals surface area contributed by atoms with Gasteiger partial charge in [0.2, 0.25) is 23.6 Å². The quantitative estimate of drug-likeness (QED) is 0.111. The number of rotatable bonds is 20. The molecule has 1 saturated heterocycles. The Hall–Kier alpha value is -2.12. The Morgan fingerprint density at radius 2 is 1.62 bits per heavy atom. The molecular weight excluding hydrogens is 520 g/mol. The van der Waals surface area contributed by atoms with Crippen LogP contribution in [-0.2, 0) is 33.4 Å². The second-order valence-electron chi connectivity index (χ2n) is 12.0. The number of ether oxygens (including phenoxy) is 3. The number of aliphatic hydroxyl groups is 1. The van der Waals surface area contributed by atoms with Crippen LogP contribution < -0.4 is 10.6 Å². The van der Waals surface area contributed by atoms with Gasteiger partial charge in [0.25, 0.3) is 0 Å². The van der Waals surface area contributed by atoms with E-state index >= 15 is 0 Å². The van der Waals surface area contributed by atoms with Crippen LogP contribution in [0.5, 0.6) is 0 Å². The fourth-order valence-corrected chi connectivity index (χ4v) is 4.01. The van der Waals surface area contributed by atoms with Crippen molar-refractivity contribution in [2.45, 2.75) is 104 Å². The van der Waals surface area contributed by atoms with Gasteiger partial charge in [-0.1, -0.05) is 0 Å². The molecule has 0 aromatic rings. The van der Waals surface area contributed by atoms with Crippen LogP contribution >= 0.6 is 0 Å². The summed E-state index contributed by atoms with van der Waals surface area (Å²) in [6, 6.07) is 0. The molecule has 1 fully saturated rings. The van der Waals surface area contributed by atoms with Gasteiger partial charge in [-0.3, -0.25) is 29.4 Å². The molecule has 0 saturated carbocycles. The van der Waals surface area contributed by atoms with Gasteiger partial charge in [-0.2, -0.15) is 0 Å². The van der Waals surface area contributed by atoms with Crippen LogP contribution in [0.2, 0.25) is 0 Å². The molecule has 4 amide bonds. The van der Waals surface area contributed by atoms with Gasteiger partial charge in [0, 0.05) is 59.2 Å². The molecule has 1 aliphatic heterocycles. The van der Waals surface area contributed by atoms with E-state index in [0.29, 0.717) is 26.2 Å². The van der Waals surface area contributed by atoms with E-state index in [9.17, 15) is 24.3 Å². The third-order valence-electron chi connectivity index (χ3n) is 6.75. The zero-order chi connectivity index (χ0) is 30.6. The Kier molecular flexibility index (Phi) is 14.7. The smallest absolute Gasteiger partial charge is 0.239 e. The number of hydrogen-bond acceptors (Lipinski definition) is 9. The molecule has 40 heavy (non-hydrogen) atoms. The lowest BCUT2D eigenvalue weighted by Crippen LogP contribution is -2.47. The molecule has 0 bridgehead atoms. The summed E-state index contributed by atoms with van der Waals surface area (Å²) in [5.74, 6) is -0.975. The van der Waals surface area contributed by atoms with Crippen LogP contribution in [0, 0.1) is 0 Å². The SMILES string of the molecule is CCOC(C)(C)CCN(CC(=O)NCCNC(O)CCN1C(=O)CCC1=O)C(=O)CC(C)(C)OCC(C)(C)OC. The van der Waals surface area contributed by atoms with Crippen LogP contribution in [-0.4, -0.2) is 115 Å². The van der Waals surface area contributed by atoms with Crippen molar-refractivity contribution in [3.8, 4) is 0 Å². The van der Waals surface area contributed by atoms with Crippen molar-refractivity contribution < 1.29 is 38.5 Å². The van der Waals surface area contributed by atoms with Gasteiger partial charge < -0.3 is 29.5 Å². The normalized spacial score (nSPS) is 15.5. The van der Waals surface area contributed by atoms with Crippen molar-refractivity contribution in [3.05, 3.63) is 0 Å². The molecule has 0 aliphatic carbocycles. The van der Waals surface area contributed by atoms with Gasteiger partial charge in [0.05, 0.1) is 36.4 Å². The largest absolute Gasteiger partial charge is 0.379 e. The Labute approximate surface area is 239 Å². The van der Waals surface area contributed by atoms with Gasteiger partial charge in [-0.25, -0.2) is 0 Å². The molecule has 1 atom stereocenters. The van der Waals surface area contributed by atoms with Gasteiger partial charge in [-0.15, -0.1) is 0 Å². The number of carbonyl (C=O) groups excluding carboxylic acids is 4.